The molecule has 2 aromatic rings. The highest BCUT2D eigenvalue weighted by molar-refractivity contribution is 6.17. The van der Waals surface area contributed by atoms with Crippen LogP contribution >= 0.6 is 11.6 Å². The van der Waals surface area contributed by atoms with Crippen molar-refractivity contribution in [3.63, 3.8) is 0 Å². The summed E-state index contributed by atoms with van der Waals surface area (Å²) in [4.78, 5) is 0. The average Bonchev–Trinajstić information content (AvgIpc) is 2.87. The summed E-state index contributed by atoms with van der Waals surface area (Å²) in [5, 5.41) is 10.9. The fourth-order valence-corrected chi connectivity index (χ4v) is 1.73. The molecule has 1 unspecified atom stereocenters. The lowest BCUT2D eigenvalue weighted by molar-refractivity contribution is 0.217. The molecule has 0 aliphatic carbocycles. The van der Waals surface area contributed by atoms with Crippen LogP contribution in [0.15, 0.2) is 28.7 Å². The number of alkyl halides is 1. The molecule has 0 bridgehead atoms. The van der Waals surface area contributed by atoms with E-state index in [1.807, 2.05) is 31.2 Å². The summed E-state index contributed by atoms with van der Waals surface area (Å²) in [6.07, 6.45) is 1.71. The summed E-state index contributed by atoms with van der Waals surface area (Å²) < 4.78 is 11.2. The number of benzene rings is 1. The molecule has 1 heterocycles. The fourth-order valence-electron chi connectivity index (χ4n) is 1.57. The Morgan fingerprint density at radius 2 is 2.25 bits per heavy atom. The van der Waals surface area contributed by atoms with E-state index in [9.17, 15) is 0 Å². The highest BCUT2D eigenvalue weighted by Gasteiger charge is 2.07. The highest BCUT2D eigenvalue weighted by atomic mass is 35.5. The first-order valence-electron chi connectivity index (χ1n) is 6.63. The molecular formula is C14H18ClN3O2. The van der Waals surface area contributed by atoms with Gasteiger partial charge in [0.15, 0.2) is 0 Å². The van der Waals surface area contributed by atoms with Crippen molar-refractivity contribution in [1.29, 1.82) is 0 Å². The number of ether oxygens (including phenoxy) is 1. The molecule has 1 aromatic heterocycles. The van der Waals surface area contributed by atoms with Crippen molar-refractivity contribution in [3.05, 3.63) is 30.2 Å². The van der Waals surface area contributed by atoms with Crippen LogP contribution in [0.5, 0.6) is 5.75 Å². The zero-order valence-electron chi connectivity index (χ0n) is 11.6. The van der Waals surface area contributed by atoms with Crippen LogP contribution in [0, 0.1) is 0 Å². The number of hydrogen-bond donors (Lipinski definition) is 1. The van der Waals surface area contributed by atoms with E-state index in [1.165, 1.54) is 0 Å². The molecule has 1 atom stereocenters. The van der Waals surface area contributed by atoms with Crippen molar-refractivity contribution in [3.8, 4) is 5.75 Å². The lowest BCUT2D eigenvalue weighted by atomic mass is 10.3. The maximum Gasteiger partial charge on any atom is 0.320 e. The molecule has 0 saturated carbocycles. The minimum absolute atomic E-state index is 0.184. The quantitative estimate of drug-likeness (QED) is 0.788. The van der Waals surface area contributed by atoms with Crippen LogP contribution in [0.25, 0.3) is 0 Å². The Kier molecular flexibility index (Phi) is 5.24. The third kappa shape index (κ3) is 4.13. The van der Waals surface area contributed by atoms with E-state index in [0.717, 1.165) is 17.9 Å². The van der Waals surface area contributed by atoms with Gasteiger partial charge in [0.1, 0.15) is 5.75 Å². The first-order valence-corrected chi connectivity index (χ1v) is 7.16. The molecule has 2 rings (SSSR count). The molecular weight excluding hydrogens is 278 g/mol. The number of anilines is 2. The van der Waals surface area contributed by atoms with Crippen LogP contribution in [-0.4, -0.2) is 22.2 Å². The molecule has 20 heavy (non-hydrogen) atoms. The van der Waals surface area contributed by atoms with Gasteiger partial charge in [-0.1, -0.05) is 18.1 Å². The zero-order valence-corrected chi connectivity index (χ0v) is 12.4. The lowest BCUT2D eigenvalue weighted by Crippen LogP contribution is -2.09. The van der Waals surface area contributed by atoms with Gasteiger partial charge in [-0.2, -0.15) is 0 Å². The average molecular weight is 296 g/mol. The Hall–Kier alpha value is -1.75. The minimum Gasteiger partial charge on any atom is -0.491 e. The lowest BCUT2D eigenvalue weighted by Gasteiger charge is -2.13. The van der Waals surface area contributed by atoms with Crippen LogP contribution in [0.4, 0.5) is 11.7 Å². The van der Waals surface area contributed by atoms with Gasteiger partial charge in [-0.15, -0.1) is 16.7 Å². The first-order chi connectivity index (χ1) is 9.71. The van der Waals surface area contributed by atoms with E-state index in [0.29, 0.717) is 24.2 Å². The van der Waals surface area contributed by atoms with Crippen molar-refractivity contribution < 1.29 is 9.15 Å². The standard InChI is InChI=1S/C14H18ClN3O2/c1-3-10(2)19-12-6-4-5-11(9-12)16-14-18-17-13(20-14)7-8-15/h4-6,9-10H,3,7-8H2,1-2H3,(H,16,18). The molecule has 108 valence electrons. The summed E-state index contributed by atoms with van der Waals surface area (Å²) in [5.41, 5.74) is 0.840. The third-order valence-corrected chi connectivity index (χ3v) is 2.96. The summed E-state index contributed by atoms with van der Waals surface area (Å²) in [6, 6.07) is 8.00. The third-order valence-electron chi connectivity index (χ3n) is 2.77. The minimum atomic E-state index is 0.184. The Morgan fingerprint density at radius 1 is 1.40 bits per heavy atom. The van der Waals surface area contributed by atoms with Crippen molar-refractivity contribution in [2.75, 3.05) is 11.2 Å². The smallest absolute Gasteiger partial charge is 0.320 e. The van der Waals surface area contributed by atoms with Gasteiger partial charge in [-0.25, -0.2) is 0 Å². The van der Waals surface area contributed by atoms with Crippen molar-refractivity contribution in [1.82, 2.24) is 10.2 Å². The Morgan fingerprint density at radius 3 is 3.00 bits per heavy atom. The van der Waals surface area contributed by atoms with Gasteiger partial charge in [0.2, 0.25) is 5.89 Å². The topological polar surface area (TPSA) is 60.2 Å². The normalized spacial score (nSPS) is 12.2. The molecule has 0 amide bonds. The molecule has 0 saturated heterocycles. The summed E-state index contributed by atoms with van der Waals surface area (Å²) >= 11 is 5.62. The number of nitrogens with one attached hydrogen (secondary N) is 1. The maximum atomic E-state index is 5.76. The monoisotopic (exact) mass is 295 g/mol. The van der Waals surface area contributed by atoms with Gasteiger partial charge in [-0.3, -0.25) is 0 Å². The molecule has 0 spiro atoms. The van der Waals surface area contributed by atoms with E-state index in [1.54, 1.807) is 0 Å². The van der Waals surface area contributed by atoms with Crippen LogP contribution in [-0.2, 0) is 6.42 Å². The first kappa shape index (κ1) is 14.7. The van der Waals surface area contributed by atoms with Gasteiger partial charge in [0.25, 0.3) is 0 Å². The predicted molar refractivity (Wildman–Crippen MR) is 78.8 cm³/mol. The maximum absolute atomic E-state index is 5.76. The number of aromatic nitrogens is 2. The largest absolute Gasteiger partial charge is 0.491 e. The van der Waals surface area contributed by atoms with E-state index in [4.69, 9.17) is 20.8 Å². The second kappa shape index (κ2) is 7.14. The second-order valence-corrected chi connectivity index (χ2v) is 4.81. The number of hydrogen-bond acceptors (Lipinski definition) is 5. The number of nitrogens with zero attached hydrogens (tertiary/aromatic N) is 2. The molecule has 0 radical (unpaired) electrons. The van der Waals surface area contributed by atoms with Crippen LogP contribution < -0.4 is 10.1 Å². The number of aryl methyl sites for hydroxylation is 1. The van der Waals surface area contributed by atoms with Crippen molar-refractivity contribution in [2.45, 2.75) is 32.8 Å². The Labute approximate surface area is 123 Å². The van der Waals surface area contributed by atoms with Gasteiger partial charge in [0.05, 0.1) is 6.10 Å². The summed E-state index contributed by atoms with van der Waals surface area (Å²) in [5.74, 6) is 1.79. The predicted octanol–water partition coefficient (Wildman–Crippen LogP) is 3.77. The van der Waals surface area contributed by atoms with E-state index >= 15 is 0 Å². The van der Waals surface area contributed by atoms with Crippen molar-refractivity contribution >= 4 is 23.3 Å². The zero-order chi connectivity index (χ0) is 14.4. The SMILES string of the molecule is CCC(C)Oc1cccc(Nc2nnc(CCCl)o2)c1. The molecule has 0 aliphatic heterocycles. The number of halogens is 1. The molecule has 5 nitrogen and oxygen atoms in total. The molecule has 0 aliphatic rings. The molecule has 1 aromatic carbocycles. The second-order valence-electron chi connectivity index (χ2n) is 4.43. The van der Waals surface area contributed by atoms with Gasteiger partial charge < -0.3 is 14.5 Å². The van der Waals surface area contributed by atoms with Gasteiger partial charge in [0, 0.05) is 24.1 Å². The van der Waals surface area contributed by atoms with E-state index in [2.05, 4.69) is 22.4 Å². The Balaban J connectivity index is 2.03. The molecule has 0 fully saturated rings. The van der Waals surface area contributed by atoms with E-state index < -0.39 is 0 Å². The Bertz CT molecular complexity index is 545. The van der Waals surface area contributed by atoms with Crippen LogP contribution in [0.3, 0.4) is 0 Å². The van der Waals surface area contributed by atoms with Crippen LogP contribution in [0.2, 0.25) is 0 Å². The summed E-state index contributed by atoms with van der Waals surface area (Å²) in [6.45, 7) is 4.13. The van der Waals surface area contributed by atoms with Gasteiger partial charge in [-0.05, 0) is 25.5 Å². The fraction of sp³-hybridized carbons (Fsp3) is 0.429. The summed E-state index contributed by atoms with van der Waals surface area (Å²) in [7, 11) is 0. The van der Waals surface area contributed by atoms with Gasteiger partial charge >= 0.3 is 6.01 Å². The van der Waals surface area contributed by atoms with Crippen molar-refractivity contribution in [2.24, 2.45) is 0 Å². The van der Waals surface area contributed by atoms with E-state index in [-0.39, 0.29) is 6.10 Å². The molecule has 6 heteroatoms. The van der Waals surface area contributed by atoms with Crippen LogP contribution in [0.1, 0.15) is 26.2 Å². The molecule has 1 N–H and O–H groups in total. The highest BCUT2D eigenvalue weighted by Crippen LogP contribution is 2.22. The number of rotatable bonds is 7.